The number of carbonyl (C=O) groups excluding carboxylic acids is 2. The molecule has 0 saturated carbocycles. The van der Waals surface area contributed by atoms with Crippen LogP contribution in [0.15, 0.2) is 47.0 Å². The number of hydrogen-bond acceptors (Lipinski definition) is 6. The molecule has 0 saturated heterocycles. The van der Waals surface area contributed by atoms with Gasteiger partial charge in [0, 0.05) is 37.4 Å². The number of aromatic nitrogens is 1. The van der Waals surface area contributed by atoms with Gasteiger partial charge in [-0.1, -0.05) is 0 Å². The molecule has 3 rings (SSSR count). The summed E-state index contributed by atoms with van der Waals surface area (Å²) in [4.78, 5) is 33.0. The molecule has 1 aromatic carbocycles. The van der Waals surface area contributed by atoms with E-state index in [0.717, 1.165) is 11.9 Å². The summed E-state index contributed by atoms with van der Waals surface area (Å²) in [5.41, 5.74) is 1.51. The summed E-state index contributed by atoms with van der Waals surface area (Å²) in [5, 5.41) is 3.57. The third kappa shape index (κ3) is 4.96. The molecule has 0 spiro atoms. The third-order valence-electron chi connectivity index (χ3n) is 4.51. The molecule has 0 bridgehead atoms. The van der Waals surface area contributed by atoms with Crippen LogP contribution >= 0.6 is 0 Å². The highest BCUT2D eigenvalue weighted by atomic mass is 16.5. The first-order chi connectivity index (χ1) is 14.4. The van der Waals surface area contributed by atoms with E-state index in [1.54, 1.807) is 54.5 Å². The average molecular weight is 410 g/mol. The van der Waals surface area contributed by atoms with Crippen LogP contribution in [0.25, 0.3) is 11.0 Å². The first kappa shape index (κ1) is 21.3. The molecule has 3 aromatic rings. The Morgan fingerprint density at radius 3 is 2.67 bits per heavy atom. The van der Waals surface area contributed by atoms with E-state index in [4.69, 9.17) is 9.15 Å². The molecule has 0 aliphatic rings. The summed E-state index contributed by atoms with van der Waals surface area (Å²) in [5.74, 6) is 0.0422. The second-order valence-electron chi connectivity index (χ2n) is 7.14. The fourth-order valence-electron chi connectivity index (χ4n) is 2.88. The van der Waals surface area contributed by atoms with E-state index in [0.29, 0.717) is 30.0 Å². The van der Waals surface area contributed by atoms with Crippen LogP contribution in [0.1, 0.15) is 27.8 Å². The summed E-state index contributed by atoms with van der Waals surface area (Å²) < 4.78 is 11.1. The molecule has 2 aromatic heterocycles. The van der Waals surface area contributed by atoms with Crippen molar-refractivity contribution in [1.29, 1.82) is 0 Å². The van der Waals surface area contributed by atoms with Crippen molar-refractivity contribution in [2.45, 2.75) is 6.92 Å². The Bertz CT molecular complexity index is 1040. The largest absolute Gasteiger partial charge is 0.477 e. The van der Waals surface area contributed by atoms with Gasteiger partial charge in [0.15, 0.2) is 5.76 Å². The number of benzene rings is 1. The van der Waals surface area contributed by atoms with E-state index in [1.807, 2.05) is 25.9 Å². The summed E-state index contributed by atoms with van der Waals surface area (Å²) >= 11 is 0. The van der Waals surface area contributed by atoms with Crippen molar-refractivity contribution < 1.29 is 18.7 Å². The number of nitrogens with zero attached hydrogens (tertiary/aromatic N) is 3. The van der Waals surface area contributed by atoms with E-state index in [-0.39, 0.29) is 23.5 Å². The van der Waals surface area contributed by atoms with Gasteiger partial charge in [0.05, 0.1) is 6.61 Å². The van der Waals surface area contributed by atoms with Crippen LogP contribution in [0.3, 0.4) is 0 Å². The molecule has 0 unspecified atom stereocenters. The fraction of sp³-hybridized carbons (Fsp3) is 0.318. The zero-order valence-electron chi connectivity index (χ0n) is 17.6. The van der Waals surface area contributed by atoms with Gasteiger partial charge in [-0.15, -0.1) is 0 Å². The topological polar surface area (TPSA) is 87.9 Å². The van der Waals surface area contributed by atoms with E-state index in [1.165, 1.54) is 0 Å². The fourth-order valence-corrected chi connectivity index (χ4v) is 2.88. The van der Waals surface area contributed by atoms with Crippen LogP contribution in [0.4, 0.5) is 5.69 Å². The molecule has 1 N–H and O–H groups in total. The lowest BCUT2D eigenvalue weighted by atomic mass is 10.2. The van der Waals surface area contributed by atoms with E-state index >= 15 is 0 Å². The predicted molar refractivity (Wildman–Crippen MR) is 115 cm³/mol. The number of amides is 2. The van der Waals surface area contributed by atoms with Gasteiger partial charge in [-0.25, -0.2) is 4.98 Å². The lowest BCUT2D eigenvalue weighted by Gasteiger charge is -2.18. The van der Waals surface area contributed by atoms with Gasteiger partial charge in [-0.2, -0.15) is 0 Å². The van der Waals surface area contributed by atoms with Gasteiger partial charge in [-0.3, -0.25) is 9.59 Å². The van der Waals surface area contributed by atoms with Gasteiger partial charge in [0.25, 0.3) is 11.8 Å². The smallest absolute Gasteiger partial charge is 0.289 e. The van der Waals surface area contributed by atoms with Crippen molar-refractivity contribution in [3.8, 4) is 5.88 Å². The lowest BCUT2D eigenvalue weighted by Crippen LogP contribution is -2.33. The molecular weight excluding hydrogens is 384 g/mol. The maximum absolute atomic E-state index is 12.7. The summed E-state index contributed by atoms with van der Waals surface area (Å²) in [6.45, 7) is 3.60. The Hall–Kier alpha value is -3.39. The van der Waals surface area contributed by atoms with Gasteiger partial charge in [0.2, 0.25) is 5.88 Å². The Labute approximate surface area is 175 Å². The molecular formula is C22H26N4O4. The highest BCUT2D eigenvalue weighted by molar-refractivity contribution is 6.06. The molecule has 2 heterocycles. The molecule has 0 radical (unpaired) electrons. The number of hydrogen-bond donors (Lipinski definition) is 1. The molecule has 0 fully saturated rings. The molecule has 30 heavy (non-hydrogen) atoms. The van der Waals surface area contributed by atoms with E-state index in [2.05, 4.69) is 10.3 Å². The van der Waals surface area contributed by atoms with Crippen LogP contribution in [0.2, 0.25) is 0 Å². The number of rotatable bonds is 8. The number of nitrogens with one attached hydrogen (secondary N) is 1. The van der Waals surface area contributed by atoms with Gasteiger partial charge in [0.1, 0.15) is 11.1 Å². The maximum Gasteiger partial charge on any atom is 0.289 e. The number of anilines is 1. The molecule has 0 atom stereocenters. The standard InChI is InChI=1S/C22H26N4O4/c1-5-29-21-17(7-6-10-23-21)20(27)24-16-8-9-18-15(13-16)14-19(30-18)22(28)26(4)12-11-25(2)3/h6-10,13-14H,5,11-12H2,1-4H3,(H,24,27). The first-order valence-corrected chi connectivity index (χ1v) is 9.72. The molecule has 8 heteroatoms. The summed E-state index contributed by atoms with van der Waals surface area (Å²) in [6.07, 6.45) is 1.58. The second kappa shape index (κ2) is 9.41. The highest BCUT2D eigenvalue weighted by Crippen LogP contribution is 2.25. The minimum Gasteiger partial charge on any atom is -0.477 e. The van der Waals surface area contributed by atoms with Crippen molar-refractivity contribution >= 4 is 28.5 Å². The van der Waals surface area contributed by atoms with Crippen molar-refractivity contribution in [2.75, 3.05) is 46.2 Å². The average Bonchev–Trinajstić information content (AvgIpc) is 3.15. The minimum absolute atomic E-state index is 0.185. The Morgan fingerprint density at radius 1 is 1.13 bits per heavy atom. The SMILES string of the molecule is CCOc1ncccc1C(=O)Nc1ccc2oc(C(=O)N(C)CCN(C)C)cc2c1. The highest BCUT2D eigenvalue weighted by Gasteiger charge is 2.18. The molecule has 2 amide bonds. The number of fused-ring (bicyclic) bond motifs is 1. The minimum atomic E-state index is -0.325. The van der Waals surface area contributed by atoms with E-state index in [9.17, 15) is 9.59 Å². The van der Waals surface area contributed by atoms with Crippen molar-refractivity contribution in [3.63, 3.8) is 0 Å². The third-order valence-corrected chi connectivity index (χ3v) is 4.51. The number of carbonyl (C=O) groups is 2. The van der Waals surface area contributed by atoms with Crippen LogP contribution < -0.4 is 10.1 Å². The van der Waals surface area contributed by atoms with Crippen LogP contribution in [0.5, 0.6) is 5.88 Å². The first-order valence-electron chi connectivity index (χ1n) is 9.72. The monoisotopic (exact) mass is 410 g/mol. The van der Waals surface area contributed by atoms with Gasteiger partial charge in [-0.05, 0) is 57.4 Å². The lowest BCUT2D eigenvalue weighted by molar-refractivity contribution is 0.0757. The Kier molecular flexibility index (Phi) is 6.68. The maximum atomic E-state index is 12.7. The quantitative estimate of drug-likeness (QED) is 0.614. The predicted octanol–water partition coefficient (Wildman–Crippen LogP) is 3.11. The molecule has 0 aliphatic carbocycles. The molecule has 0 aliphatic heterocycles. The second-order valence-corrected chi connectivity index (χ2v) is 7.14. The number of furan rings is 1. The van der Waals surface area contributed by atoms with Crippen LogP contribution in [0, 0.1) is 0 Å². The van der Waals surface area contributed by atoms with Crippen molar-refractivity contribution in [1.82, 2.24) is 14.8 Å². The van der Waals surface area contributed by atoms with Gasteiger partial charge < -0.3 is 24.3 Å². The van der Waals surface area contributed by atoms with Crippen LogP contribution in [-0.2, 0) is 0 Å². The van der Waals surface area contributed by atoms with Crippen molar-refractivity contribution in [2.24, 2.45) is 0 Å². The Balaban J connectivity index is 1.76. The Morgan fingerprint density at radius 2 is 1.93 bits per heavy atom. The van der Waals surface area contributed by atoms with Crippen molar-refractivity contribution in [3.05, 3.63) is 53.9 Å². The van der Waals surface area contributed by atoms with Gasteiger partial charge >= 0.3 is 0 Å². The number of ether oxygens (including phenoxy) is 1. The van der Waals surface area contributed by atoms with E-state index < -0.39 is 0 Å². The normalized spacial score (nSPS) is 11.0. The van der Waals surface area contributed by atoms with Crippen LogP contribution in [-0.4, -0.2) is 67.4 Å². The zero-order valence-corrected chi connectivity index (χ0v) is 17.6. The molecule has 158 valence electrons. The summed E-state index contributed by atoms with van der Waals surface area (Å²) in [6, 6.07) is 10.3. The number of likely N-dealkylation sites (N-methyl/N-ethyl adjacent to an activating group) is 2. The summed E-state index contributed by atoms with van der Waals surface area (Å²) in [7, 11) is 5.66. The zero-order chi connectivity index (χ0) is 21.7. The molecule has 8 nitrogen and oxygen atoms in total. The number of pyridine rings is 1.